The van der Waals surface area contributed by atoms with E-state index in [1.54, 1.807) is 15.2 Å². The largest absolute Gasteiger partial charge is 0.433 e. The van der Waals surface area contributed by atoms with Gasteiger partial charge in [0.2, 0.25) is 5.95 Å². The summed E-state index contributed by atoms with van der Waals surface area (Å²) in [5, 5.41) is 5.44. The quantitative estimate of drug-likeness (QED) is 0.870. The highest BCUT2D eigenvalue weighted by molar-refractivity contribution is 7.13. The van der Waals surface area contributed by atoms with Crippen molar-refractivity contribution in [2.45, 2.75) is 13.1 Å². The lowest BCUT2D eigenvalue weighted by Crippen LogP contribution is -2.49. The Kier molecular flexibility index (Phi) is 5.25. The number of carbonyl (C=O) groups is 1. The van der Waals surface area contributed by atoms with Crippen LogP contribution in [-0.4, -0.2) is 58.5 Å². The first-order valence-electron chi connectivity index (χ1n) is 8.02. The molecule has 1 aliphatic heterocycles. The number of carbonyl (C=O) groups excluding carboxylic acids is 1. The molecular formula is C15H17F3N6OS. The number of hydrogen-bond acceptors (Lipinski definition) is 7. The average molecular weight is 386 g/mol. The summed E-state index contributed by atoms with van der Waals surface area (Å²) in [6.45, 7) is 4.11. The molecule has 3 heterocycles. The van der Waals surface area contributed by atoms with Gasteiger partial charge in [0.15, 0.2) is 5.13 Å². The van der Waals surface area contributed by atoms with Gasteiger partial charge in [-0.1, -0.05) is 0 Å². The molecule has 0 aliphatic carbocycles. The van der Waals surface area contributed by atoms with Gasteiger partial charge in [-0.05, 0) is 13.0 Å². The number of thiazole rings is 1. The molecule has 7 nitrogen and oxygen atoms in total. The molecule has 0 saturated carbocycles. The summed E-state index contributed by atoms with van der Waals surface area (Å²) in [5.41, 5.74) is -0.603. The van der Waals surface area contributed by atoms with Crippen LogP contribution in [0.4, 0.5) is 24.3 Å². The maximum Gasteiger partial charge on any atom is 0.433 e. The van der Waals surface area contributed by atoms with Crippen LogP contribution in [0.1, 0.15) is 23.1 Å². The fourth-order valence-corrected chi connectivity index (χ4v) is 3.29. The summed E-state index contributed by atoms with van der Waals surface area (Å²) in [6, 6.07) is 0.841. The van der Waals surface area contributed by atoms with Crippen molar-refractivity contribution in [1.82, 2.24) is 19.9 Å². The van der Waals surface area contributed by atoms with Gasteiger partial charge in [-0.3, -0.25) is 4.79 Å². The van der Waals surface area contributed by atoms with E-state index in [1.807, 2.05) is 6.92 Å². The Bertz CT molecular complexity index is 773. The molecule has 1 N–H and O–H groups in total. The fourth-order valence-electron chi connectivity index (χ4n) is 2.53. The molecule has 0 atom stereocenters. The zero-order valence-electron chi connectivity index (χ0n) is 14.0. The van der Waals surface area contributed by atoms with E-state index in [4.69, 9.17) is 0 Å². The van der Waals surface area contributed by atoms with Crippen LogP contribution in [0, 0.1) is 0 Å². The Morgan fingerprint density at radius 2 is 2.00 bits per heavy atom. The predicted octanol–water partition coefficient (Wildman–Crippen LogP) is 2.35. The summed E-state index contributed by atoms with van der Waals surface area (Å²) < 4.78 is 38.3. The van der Waals surface area contributed by atoms with Crippen molar-refractivity contribution in [2.24, 2.45) is 0 Å². The molecule has 26 heavy (non-hydrogen) atoms. The number of nitrogens with zero attached hydrogens (tertiary/aromatic N) is 5. The van der Waals surface area contributed by atoms with Crippen LogP contribution in [0.25, 0.3) is 0 Å². The zero-order chi connectivity index (χ0) is 18.7. The number of halogens is 3. The van der Waals surface area contributed by atoms with Gasteiger partial charge in [-0.25, -0.2) is 15.0 Å². The third-order valence-electron chi connectivity index (χ3n) is 3.83. The normalized spacial score (nSPS) is 15.2. The van der Waals surface area contributed by atoms with Gasteiger partial charge in [-0.15, -0.1) is 11.3 Å². The molecule has 3 rings (SSSR count). The number of hydrogen-bond donors (Lipinski definition) is 1. The standard InChI is InChI=1S/C15H17F3N6OS/c1-2-19-14-21-10(9-26-14)12(25)23-5-7-24(8-6-23)13-20-4-3-11(22-13)15(16,17)18/h3-4,9H,2,5-8H2,1H3,(H,19,21). The molecule has 0 aromatic carbocycles. The molecule has 1 amide bonds. The van der Waals surface area contributed by atoms with Crippen molar-refractivity contribution in [1.29, 1.82) is 0 Å². The maximum atomic E-state index is 12.8. The molecule has 1 aliphatic rings. The van der Waals surface area contributed by atoms with Crippen molar-refractivity contribution in [2.75, 3.05) is 42.9 Å². The number of rotatable bonds is 4. The molecule has 0 bridgehead atoms. The van der Waals surface area contributed by atoms with E-state index in [0.29, 0.717) is 37.0 Å². The van der Waals surface area contributed by atoms with E-state index in [9.17, 15) is 18.0 Å². The molecule has 1 saturated heterocycles. The van der Waals surface area contributed by atoms with E-state index in [2.05, 4.69) is 20.3 Å². The molecule has 11 heteroatoms. The Balaban J connectivity index is 1.63. The summed E-state index contributed by atoms with van der Waals surface area (Å²) in [7, 11) is 0. The number of amides is 1. The second-order valence-corrected chi connectivity index (χ2v) is 6.45. The van der Waals surface area contributed by atoms with Crippen molar-refractivity contribution in [3.63, 3.8) is 0 Å². The molecular weight excluding hydrogens is 369 g/mol. The predicted molar refractivity (Wildman–Crippen MR) is 91.4 cm³/mol. The van der Waals surface area contributed by atoms with E-state index in [0.717, 1.165) is 18.8 Å². The Morgan fingerprint density at radius 1 is 1.27 bits per heavy atom. The van der Waals surface area contributed by atoms with Gasteiger partial charge in [-0.2, -0.15) is 13.2 Å². The third kappa shape index (κ3) is 4.03. The van der Waals surface area contributed by atoms with Gasteiger partial charge >= 0.3 is 6.18 Å². The minimum atomic E-state index is -4.51. The van der Waals surface area contributed by atoms with Crippen LogP contribution in [0.3, 0.4) is 0 Å². The first kappa shape index (κ1) is 18.4. The summed E-state index contributed by atoms with van der Waals surface area (Å²) >= 11 is 1.36. The molecule has 0 spiro atoms. The second kappa shape index (κ2) is 7.44. The number of alkyl halides is 3. The van der Waals surface area contributed by atoms with E-state index >= 15 is 0 Å². The second-order valence-electron chi connectivity index (χ2n) is 5.59. The number of nitrogens with one attached hydrogen (secondary N) is 1. The molecule has 0 unspecified atom stereocenters. The van der Waals surface area contributed by atoms with Gasteiger partial charge < -0.3 is 15.1 Å². The topological polar surface area (TPSA) is 74.2 Å². The van der Waals surface area contributed by atoms with Crippen LogP contribution < -0.4 is 10.2 Å². The number of aromatic nitrogens is 3. The molecule has 1 fully saturated rings. The van der Waals surface area contributed by atoms with Crippen molar-refractivity contribution >= 4 is 28.3 Å². The highest BCUT2D eigenvalue weighted by Gasteiger charge is 2.33. The highest BCUT2D eigenvalue weighted by Crippen LogP contribution is 2.28. The van der Waals surface area contributed by atoms with Crippen LogP contribution in [0.15, 0.2) is 17.6 Å². The maximum absolute atomic E-state index is 12.8. The van der Waals surface area contributed by atoms with E-state index in [1.165, 1.54) is 11.3 Å². The summed E-state index contributed by atoms with van der Waals surface area (Å²) in [5.74, 6) is -0.162. The van der Waals surface area contributed by atoms with Gasteiger partial charge in [0.1, 0.15) is 11.4 Å². The van der Waals surface area contributed by atoms with Gasteiger partial charge in [0.05, 0.1) is 0 Å². The lowest BCUT2D eigenvalue weighted by molar-refractivity contribution is -0.141. The van der Waals surface area contributed by atoms with Crippen LogP contribution >= 0.6 is 11.3 Å². The minimum absolute atomic E-state index is 0.0232. The number of piperazine rings is 1. The Labute approximate surface area is 151 Å². The van der Waals surface area contributed by atoms with E-state index < -0.39 is 11.9 Å². The Morgan fingerprint density at radius 3 is 2.65 bits per heavy atom. The fraction of sp³-hybridized carbons (Fsp3) is 0.467. The SMILES string of the molecule is CCNc1nc(C(=O)N2CCN(c3nccc(C(F)(F)F)n3)CC2)cs1. The van der Waals surface area contributed by atoms with Crippen molar-refractivity contribution in [3.8, 4) is 0 Å². The molecule has 140 valence electrons. The minimum Gasteiger partial charge on any atom is -0.362 e. The van der Waals surface area contributed by atoms with Crippen molar-refractivity contribution < 1.29 is 18.0 Å². The Hall–Kier alpha value is -2.43. The van der Waals surface area contributed by atoms with Gasteiger partial charge in [0.25, 0.3) is 5.91 Å². The molecule has 0 radical (unpaired) electrons. The third-order valence-corrected chi connectivity index (χ3v) is 4.63. The van der Waals surface area contributed by atoms with Crippen molar-refractivity contribution in [3.05, 3.63) is 29.0 Å². The highest BCUT2D eigenvalue weighted by atomic mass is 32.1. The van der Waals surface area contributed by atoms with Crippen LogP contribution in [0.2, 0.25) is 0 Å². The lowest BCUT2D eigenvalue weighted by atomic mass is 10.3. The van der Waals surface area contributed by atoms with E-state index in [-0.39, 0.29) is 11.9 Å². The smallest absolute Gasteiger partial charge is 0.362 e. The van der Waals surface area contributed by atoms with Crippen LogP contribution in [0.5, 0.6) is 0 Å². The molecule has 2 aromatic heterocycles. The molecule has 2 aromatic rings. The first-order chi connectivity index (χ1) is 12.4. The van der Waals surface area contributed by atoms with Crippen LogP contribution in [-0.2, 0) is 6.18 Å². The zero-order valence-corrected chi connectivity index (χ0v) is 14.8. The summed E-state index contributed by atoms with van der Waals surface area (Å²) in [6.07, 6.45) is -3.41. The summed E-state index contributed by atoms with van der Waals surface area (Å²) in [4.78, 5) is 27.5. The number of anilines is 2. The first-order valence-corrected chi connectivity index (χ1v) is 8.90. The lowest BCUT2D eigenvalue weighted by Gasteiger charge is -2.34. The average Bonchev–Trinajstić information content (AvgIpc) is 3.10. The monoisotopic (exact) mass is 386 g/mol. The van der Waals surface area contributed by atoms with Gasteiger partial charge in [0, 0.05) is 44.3 Å².